The first-order valence-corrected chi connectivity index (χ1v) is 28.1. The maximum absolute atomic E-state index is 12.7. The van der Waals surface area contributed by atoms with E-state index >= 15 is 0 Å². The molecule has 11 nitrogen and oxygen atoms in total. The van der Waals surface area contributed by atoms with E-state index in [1.165, 1.54) is 27.4 Å². The Bertz CT molecular complexity index is 2840. The van der Waals surface area contributed by atoms with Crippen LogP contribution in [0, 0.1) is 11.8 Å². The molecule has 2 unspecified atom stereocenters. The fourth-order valence-corrected chi connectivity index (χ4v) is 12.8. The molecule has 6 heterocycles. The molecule has 6 aromatic rings. The molecule has 0 radical (unpaired) electrons. The van der Waals surface area contributed by atoms with Gasteiger partial charge in [0.15, 0.2) is 5.11 Å². The van der Waals surface area contributed by atoms with Gasteiger partial charge in [0.2, 0.25) is 5.91 Å². The van der Waals surface area contributed by atoms with E-state index in [0.717, 1.165) is 123 Å². The van der Waals surface area contributed by atoms with Gasteiger partial charge in [-0.1, -0.05) is 87.7 Å². The topological polar surface area (TPSA) is 131 Å². The van der Waals surface area contributed by atoms with Crippen molar-refractivity contribution in [2.24, 2.45) is 11.8 Å². The van der Waals surface area contributed by atoms with Gasteiger partial charge in [0.25, 0.3) is 0 Å². The van der Waals surface area contributed by atoms with Gasteiger partial charge in [-0.25, -0.2) is 0 Å². The number of piperidine rings is 4. The lowest BCUT2D eigenvalue weighted by Gasteiger charge is -2.40. The summed E-state index contributed by atoms with van der Waals surface area (Å²) in [5.74, 6) is 1.21. The number of aliphatic carboxylic acids is 1. The second-order valence-electron chi connectivity index (χ2n) is 20.5. The van der Waals surface area contributed by atoms with Crippen LogP contribution >= 0.6 is 51.3 Å². The fourth-order valence-electron chi connectivity index (χ4n) is 11.8. The Hall–Kier alpha value is -4.73. The first kappa shape index (κ1) is 53.1. The van der Waals surface area contributed by atoms with Crippen molar-refractivity contribution in [1.29, 1.82) is 0 Å². The molecule has 0 aliphatic carbocycles. The number of carbonyl (C=O) groups is 2. The Labute approximate surface area is 453 Å². The highest BCUT2D eigenvalue weighted by Gasteiger charge is 2.35. The van der Waals surface area contributed by atoms with Gasteiger partial charge in [0.1, 0.15) is 6.04 Å². The summed E-state index contributed by atoms with van der Waals surface area (Å²) in [7, 11) is 0. The highest BCUT2D eigenvalue weighted by Crippen LogP contribution is 2.37. The Morgan fingerprint density at radius 1 is 0.685 bits per heavy atom. The summed E-state index contributed by atoms with van der Waals surface area (Å²) in [5, 5.41) is 28.1. The van der Waals surface area contributed by atoms with Crippen LogP contribution in [0.2, 0.25) is 10.0 Å². The Kier molecular flexibility index (Phi) is 18.3. The zero-order valence-corrected chi connectivity index (χ0v) is 45.3. The maximum Gasteiger partial charge on any atom is 0.320 e. The number of aliphatic hydroxyl groups excluding tert-OH is 1. The first-order chi connectivity index (χ1) is 35.5. The minimum Gasteiger partial charge on any atom is -0.480 e. The zero-order valence-electron chi connectivity index (χ0n) is 41.4. The van der Waals surface area contributed by atoms with Crippen LogP contribution in [-0.4, -0.2) is 128 Å². The first-order valence-electron chi connectivity index (χ1n) is 26.2. The summed E-state index contributed by atoms with van der Waals surface area (Å²) in [6.45, 7) is 7.20. The number of halogens is 3. The molecule has 386 valence electrons. The van der Waals surface area contributed by atoms with Gasteiger partial charge < -0.3 is 35.3 Å². The summed E-state index contributed by atoms with van der Waals surface area (Å²) >= 11 is 21.2. The van der Waals surface area contributed by atoms with Crippen LogP contribution in [0.1, 0.15) is 92.7 Å². The number of amides is 1. The second kappa shape index (κ2) is 25.2. The Balaban J connectivity index is 0.000000180. The van der Waals surface area contributed by atoms with E-state index in [-0.39, 0.29) is 18.6 Å². The number of nitrogens with one attached hydrogen (secondary N) is 3. The number of likely N-dealkylation sites (tertiary alicyclic amines) is 4. The minimum atomic E-state index is -0.737. The predicted octanol–water partition coefficient (Wildman–Crippen LogP) is 12.4. The molecule has 4 aliphatic heterocycles. The molecule has 4 fully saturated rings. The number of para-hydroxylation sites is 2. The molecule has 5 N–H and O–H groups in total. The van der Waals surface area contributed by atoms with Crippen LogP contribution in [0.5, 0.6) is 0 Å². The van der Waals surface area contributed by atoms with Crippen molar-refractivity contribution in [2.45, 2.75) is 88.1 Å². The van der Waals surface area contributed by atoms with Crippen molar-refractivity contribution < 1.29 is 19.8 Å². The van der Waals surface area contributed by atoms with Crippen molar-refractivity contribution in [3.63, 3.8) is 0 Å². The molecule has 0 saturated carbocycles. The lowest BCUT2D eigenvalue weighted by Crippen LogP contribution is -2.47. The molecule has 73 heavy (non-hydrogen) atoms. The number of aromatic amines is 2. The van der Waals surface area contributed by atoms with E-state index in [4.69, 9.17) is 35.4 Å². The third-order valence-corrected chi connectivity index (χ3v) is 17.7. The maximum atomic E-state index is 12.7. The number of benzene rings is 4. The molecular weight excluding hydrogens is 1040 g/mol. The van der Waals surface area contributed by atoms with Gasteiger partial charge in [0, 0.05) is 82.7 Å². The number of hydrogen-bond donors (Lipinski definition) is 5. The van der Waals surface area contributed by atoms with Crippen molar-refractivity contribution in [1.82, 2.24) is 29.6 Å². The molecule has 4 saturated heterocycles. The number of fused-ring (bicyclic) bond motifs is 2. The molecular formula is C58H68BrCl2N7O4S. The van der Waals surface area contributed by atoms with Crippen LogP contribution in [0.4, 0.5) is 5.69 Å². The largest absolute Gasteiger partial charge is 0.480 e. The van der Waals surface area contributed by atoms with Crippen LogP contribution in [0.3, 0.4) is 0 Å². The highest BCUT2D eigenvalue weighted by molar-refractivity contribution is 9.10. The molecule has 0 spiro atoms. The van der Waals surface area contributed by atoms with Crippen LogP contribution in [0.25, 0.3) is 27.9 Å². The summed E-state index contributed by atoms with van der Waals surface area (Å²) in [5.41, 5.74) is 7.03. The number of rotatable bonds is 13. The smallest absolute Gasteiger partial charge is 0.320 e. The lowest BCUT2D eigenvalue weighted by atomic mass is 9.86. The fraction of sp³-hybridized carbons (Fsp3) is 0.431. The van der Waals surface area contributed by atoms with Crippen molar-refractivity contribution in [3.05, 3.63) is 141 Å². The Morgan fingerprint density at radius 2 is 1.25 bits per heavy atom. The average Bonchev–Trinajstić information content (AvgIpc) is 4.06. The number of carboxylic acids is 1. The lowest BCUT2D eigenvalue weighted by molar-refractivity contribution is -0.145. The van der Waals surface area contributed by atoms with Gasteiger partial charge in [-0.3, -0.25) is 19.4 Å². The molecule has 4 aromatic carbocycles. The van der Waals surface area contributed by atoms with Gasteiger partial charge in [-0.05, 0) is 192 Å². The van der Waals surface area contributed by atoms with Crippen molar-refractivity contribution in [2.75, 3.05) is 64.3 Å². The van der Waals surface area contributed by atoms with Crippen molar-refractivity contribution >= 4 is 102 Å². The molecule has 2 atom stereocenters. The van der Waals surface area contributed by atoms with Crippen molar-refractivity contribution in [3.8, 4) is 0 Å². The van der Waals surface area contributed by atoms with Gasteiger partial charge in [-0.2, -0.15) is 0 Å². The molecule has 15 heteroatoms. The standard InChI is InChI=1S/C30H33Cl2N3O3.C28H35BrN4OS/c31-25-7-5-20(17-26(25)32)6-8-29(36)35-13-9-21(10-14-35)18-28(30(37)38)34-15-11-22(12-16-34)24-19-33-27-4-2-1-3-23(24)27;29-22-4-3-5-23(17-22)31-28(35)33-12-8-20(9-13-33)16-24(19-34)32-14-10-21(11-15-32)26-18-30-27-7-2-1-6-25(26)27/h1-8,17,19,21-22,28,33H,9-16,18H2,(H,37,38);1-7,17-18,20-21,24,30,34H,8-16,19H2,(H,31,35)/b8-6+;. The number of H-pyrrole nitrogens is 2. The zero-order chi connectivity index (χ0) is 50.8. The van der Waals surface area contributed by atoms with E-state index in [1.807, 2.05) is 41.3 Å². The molecule has 2 aromatic heterocycles. The molecule has 1 amide bonds. The van der Waals surface area contributed by atoms with E-state index < -0.39 is 12.0 Å². The Morgan fingerprint density at radius 3 is 1.81 bits per heavy atom. The average molecular weight is 1110 g/mol. The van der Waals surface area contributed by atoms with E-state index in [0.29, 0.717) is 53.2 Å². The van der Waals surface area contributed by atoms with Crippen LogP contribution in [-0.2, 0) is 9.59 Å². The van der Waals surface area contributed by atoms with Gasteiger partial charge in [0.05, 0.1) is 16.7 Å². The number of aromatic nitrogens is 2. The van der Waals surface area contributed by atoms with E-state index in [9.17, 15) is 19.8 Å². The summed E-state index contributed by atoms with van der Waals surface area (Å²) in [6.07, 6.45) is 17.5. The SMILES string of the molecule is O=C(O)C(CC1CCN(C(=O)/C=C/c2ccc(Cl)c(Cl)c2)CC1)N1CCC(c2c[nH]c3ccccc23)CC1.OCC(CC1CCN(C(=S)Nc2cccc(Br)c2)CC1)N1CCC(c2c[nH]c3ccccc23)CC1. The number of carboxylic acid groups (broad SMARTS) is 1. The third-order valence-electron chi connectivity index (χ3n) is 16.1. The second-order valence-corrected chi connectivity index (χ2v) is 22.6. The number of thiocarbonyl (C=S) groups is 1. The number of nitrogens with zero attached hydrogens (tertiary/aromatic N) is 4. The van der Waals surface area contributed by atoms with E-state index in [2.05, 4.69) is 101 Å². The molecule has 10 rings (SSSR count). The summed E-state index contributed by atoms with van der Waals surface area (Å²) < 4.78 is 1.05. The molecule has 4 aliphatic rings. The third kappa shape index (κ3) is 13.6. The number of anilines is 1. The summed E-state index contributed by atoms with van der Waals surface area (Å²) in [6, 6.07) is 30.2. The number of carbonyl (C=O) groups excluding carboxylic acids is 1. The van der Waals surface area contributed by atoms with Crippen LogP contribution in [0.15, 0.2) is 114 Å². The van der Waals surface area contributed by atoms with E-state index in [1.54, 1.807) is 24.3 Å². The number of aliphatic hydroxyl groups is 1. The minimum absolute atomic E-state index is 0.0383. The highest BCUT2D eigenvalue weighted by atomic mass is 79.9. The van der Waals surface area contributed by atoms with Crippen LogP contribution < -0.4 is 5.32 Å². The number of hydrogen-bond acceptors (Lipinski definition) is 6. The normalized spacial score (nSPS) is 19.0. The summed E-state index contributed by atoms with van der Waals surface area (Å²) in [4.78, 5) is 40.6. The molecule has 0 bridgehead atoms. The van der Waals surface area contributed by atoms with Gasteiger partial charge >= 0.3 is 5.97 Å². The monoisotopic (exact) mass is 1110 g/mol. The van der Waals surface area contributed by atoms with Gasteiger partial charge in [-0.15, -0.1) is 0 Å². The quantitative estimate of drug-likeness (QED) is 0.0567. The predicted molar refractivity (Wildman–Crippen MR) is 305 cm³/mol.